The molecule has 0 spiro atoms. The molecule has 2 nitrogen and oxygen atoms in total. The highest BCUT2D eigenvalue weighted by atomic mass is 16.5. The van der Waals surface area contributed by atoms with Crippen LogP contribution in [0.5, 0.6) is 0 Å². The molecule has 2 rings (SSSR count). The summed E-state index contributed by atoms with van der Waals surface area (Å²) in [5.41, 5.74) is 0. The first-order chi connectivity index (χ1) is 5.90. The zero-order valence-electron chi connectivity index (χ0n) is 7.88. The van der Waals surface area contributed by atoms with E-state index in [0.717, 1.165) is 25.1 Å². The summed E-state index contributed by atoms with van der Waals surface area (Å²) in [6.45, 7) is 4.25. The summed E-state index contributed by atoms with van der Waals surface area (Å²) < 4.78 is 5.74. The van der Waals surface area contributed by atoms with Gasteiger partial charge in [0.15, 0.2) is 0 Å². The Morgan fingerprint density at radius 3 is 2.83 bits per heavy atom. The summed E-state index contributed by atoms with van der Waals surface area (Å²) in [7, 11) is 0. The Bertz CT molecular complexity index is 143. The standard InChI is InChI=1S/C10H19NO/c1-2-11-9-5-6-12-10(7-9)8-3-4-8/h8-11H,2-7H2,1H3. The van der Waals surface area contributed by atoms with E-state index in [-0.39, 0.29) is 0 Å². The predicted octanol–water partition coefficient (Wildman–Crippen LogP) is 1.55. The van der Waals surface area contributed by atoms with Gasteiger partial charge in [-0.25, -0.2) is 0 Å². The molecule has 1 aliphatic heterocycles. The Balaban J connectivity index is 1.77. The third-order valence-corrected chi connectivity index (χ3v) is 2.96. The molecule has 0 radical (unpaired) electrons. The summed E-state index contributed by atoms with van der Waals surface area (Å²) in [4.78, 5) is 0. The van der Waals surface area contributed by atoms with Crippen molar-refractivity contribution in [1.82, 2.24) is 5.32 Å². The normalized spacial score (nSPS) is 36.8. The van der Waals surface area contributed by atoms with Gasteiger partial charge in [-0.15, -0.1) is 0 Å². The lowest BCUT2D eigenvalue weighted by Crippen LogP contribution is -2.39. The van der Waals surface area contributed by atoms with Crippen LogP contribution in [0.4, 0.5) is 0 Å². The zero-order valence-corrected chi connectivity index (χ0v) is 7.88. The molecule has 1 aliphatic carbocycles. The Morgan fingerprint density at radius 2 is 2.17 bits per heavy atom. The topological polar surface area (TPSA) is 21.3 Å². The van der Waals surface area contributed by atoms with Gasteiger partial charge in [0, 0.05) is 12.6 Å². The molecule has 0 aromatic carbocycles. The van der Waals surface area contributed by atoms with Crippen LogP contribution in [0.15, 0.2) is 0 Å². The average Bonchev–Trinajstić information content (AvgIpc) is 2.88. The SMILES string of the molecule is CCNC1CCOC(C2CC2)C1. The second kappa shape index (κ2) is 3.75. The van der Waals surface area contributed by atoms with Crippen molar-refractivity contribution in [2.45, 2.75) is 44.8 Å². The molecule has 12 heavy (non-hydrogen) atoms. The summed E-state index contributed by atoms with van der Waals surface area (Å²) in [5, 5.41) is 3.52. The fourth-order valence-corrected chi connectivity index (χ4v) is 2.10. The van der Waals surface area contributed by atoms with Crippen LogP contribution >= 0.6 is 0 Å². The molecule has 1 saturated heterocycles. The molecule has 2 unspecified atom stereocenters. The maximum atomic E-state index is 5.74. The quantitative estimate of drug-likeness (QED) is 0.692. The van der Waals surface area contributed by atoms with E-state index in [1.165, 1.54) is 25.7 Å². The van der Waals surface area contributed by atoms with Gasteiger partial charge in [0.1, 0.15) is 0 Å². The first-order valence-electron chi connectivity index (χ1n) is 5.25. The van der Waals surface area contributed by atoms with Crippen molar-refractivity contribution in [2.24, 2.45) is 5.92 Å². The Morgan fingerprint density at radius 1 is 1.33 bits per heavy atom. The predicted molar refractivity (Wildman–Crippen MR) is 49.2 cm³/mol. The van der Waals surface area contributed by atoms with E-state index >= 15 is 0 Å². The fourth-order valence-electron chi connectivity index (χ4n) is 2.10. The van der Waals surface area contributed by atoms with Gasteiger partial charge >= 0.3 is 0 Å². The van der Waals surface area contributed by atoms with E-state index in [1.54, 1.807) is 0 Å². The molecule has 1 saturated carbocycles. The number of ether oxygens (including phenoxy) is 1. The fraction of sp³-hybridized carbons (Fsp3) is 1.00. The first kappa shape index (κ1) is 8.52. The Labute approximate surface area is 74.7 Å². The van der Waals surface area contributed by atoms with Crippen molar-refractivity contribution in [3.63, 3.8) is 0 Å². The van der Waals surface area contributed by atoms with Crippen LogP contribution < -0.4 is 5.32 Å². The molecular weight excluding hydrogens is 150 g/mol. The van der Waals surface area contributed by atoms with Gasteiger partial charge in [0.25, 0.3) is 0 Å². The smallest absolute Gasteiger partial charge is 0.0618 e. The van der Waals surface area contributed by atoms with Crippen molar-refractivity contribution in [3.8, 4) is 0 Å². The molecule has 70 valence electrons. The van der Waals surface area contributed by atoms with Crippen LogP contribution in [0.2, 0.25) is 0 Å². The third kappa shape index (κ3) is 1.99. The molecule has 1 heterocycles. The van der Waals surface area contributed by atoms with E-state index in [9.17, 15) is 0 Å². The molecule has 2 atom stereocenters. The summed E-state index contributed by atoms with van der Waals surface area (Å²) in [6, 6.07) is 0.731. The van der Waals surface area contributed by atoms with Crippen LogP contribution in [0, 0.1) is 5.92 Å². The highest BCUT2D eigenvalue weighted by molar-refractivity contribution is 4.87. The summed E-state index contributed by atoms with van der Waals surface area (Å²) in [5.74, 6) is 0.909. The highest BCUT2D eigenvalue weighted by Gasteiger charge is 2.35. The molecular formula is C10H19NO. The minimum absolute atomic E-state index is 0.586. The second-order valence-electron chi connectivity index (χ2n) is 4.03. The van der Waals surface area contributed by atoms with Crippen molar-refractivity contribution >= 4 is 0 Å². The Hall–Kier alpha value is -0.0800. The largest absolute Gasteiger partial charge is 0.378 e. The molecule has 2 aliphatic rings. The summed E-state index contributed by atoms with van der Waals surface area (Å²) >= 11 is 0. The lowest BCUT2D eigenvalue weighted by molar-refractivity contribution is -0.0107. The van der Waals surface area contributed by atoms with E-state index < -0.39 is 0 Å². The maximum Gasteiger partial charge on any atom is 0.0618 e. The van der Waals surface area contributed by atoms with Gasteiger partial charge in [0.05, 0.1) is 6.10 Å². The maximum absolute atomic E-state index is 5.74. The number of rotatable bonds is 3. The monoisotopic (exact) mass is 169 g/mol. The van der Waals surface area contributed by atoms with Crippen LogP contribution in [-0.2, 0) is 4.74 Å². The van der Waals surface area contributed by atoms with Crippen LogP contribution in [0.25, 0.3) is 0 Å². The molecule has 0 amide bonds. The van der Waals surface area contributed by atoms with Gasteiger partial charge in [-0.1, -0.05) is 6.92 Å². The van der Waals surface area contributed by atoms with Crippen LogP contribution in [-0.4, -0.2) is 25.3 Å². The van der Waals surface area contributed by atoms with E-state index in [1.807, 2.05) is 0 Å². The van der Waals surface area contributed by atoms with Crippen molar-refractivity contribution in [3.05, 3.63) is 0 Å². The van der Waals surface area contributed by atoms with E-state index in [0.29, 0.717) is 6.10 Å². The zero-order chi connectivity index (χ0) is 8.39. The average molecular weight is 169 g/mol. The highest BCUT2D eigenvalue weighted by Crippen LogP contribution is 2.37. The lowest BCUT2D eigenvalue weighted by atomic mass is 10.0. The van der Waals surface area contributed by atoms with Gasteiger partial charge in [-0.2, -0.15) is 0 Å². The molecule has 0 aromatic heterocycles. The minimum Gasteiger partial charge on any atom is -0.378 e. The second-order valence-corrected chi connectivity index (χ2v) is 4.03. The van der Waals surface area contributed by atoms with Crippen molar-refractivity contribution < 1.29 is 4.74 Å². The van der Waals surface area contributed by atoms with Gasteiger partial charge in [-0.3, -0.25) is 0 Å². The third-order valence-electron chi connectivity index (χ3n) is 2.96. The van der Waals surface area contributed by atoms with Gasteiger partial charge in [-0.05, 0) is 38.1 Å². The van der Waals surface area contributed by atoms with Gasteiger partial charge < -0.3 is 10.1 Å². The molecule has 1 N–H and O–H groups in total. The first-order valence-corrected chi connectivity index (χ1v) is 5.25. The lowest BCUT2D eigenvalue weighted by Gasteiger charge is -2.30. The molecule has 0 bridgehead atoms. The Kier molecular flexibility index (Phi) is 2.66. The number of nitrogens with one attached hydrogen (secondary N) is 1. The van der Waals surface area contributed by atoms with Gasteiger partial charge in [0.2, 0.25) is 0 Å². The van der Waals surface area contributed by atoms with Crippen molar-refractivity contribution in [1.29, 1.82) is 0 Å². The molecule has 2 fully saturated rings. The molecule has 0 aromatic rings. The van der Waals surface area contributed by atoms with Crippen LogP contribution in [0.3, 0.4) is 0 Å². The minimum atomic E-state index is 0.586. The number of hydrogen-bond acceptors (Lipinski definition) is 2. The number of hydrogen-bond donors (Lipinski definition) is 1. The molecule has 2 heteroatoms. The van der Waals surface area contributed by atoms with Crippen molar-refractivity contribution in [2.75, 3.05) is 13.2 Å². The van der Waals surface area contributed by atoms with E-state index in [2.05, 4.69) is 12.2 Å². The van der Waals surface area contributed by atoms with Crippen LogP contribution in [0.1, 0.15) is 32.6 Å². The van der Waals surface area contributed by atoms with E-state index in [4.69, 9.17) is 4.74 Å². The summed E-state index contributed by atoms with van der Waals surface area (Å²) in [6.07, 6.45) is 5.85.